The van der Waals surface area contributed by atoms with Crippen molar-refractivity contribution in [1.82, 2.24) is 0 Å². The molecule has 0 radical (unpaired) electrons. The number of hydrogen-bond donors (Lipinski definition) is 9. The zero-order valence-corrected chi connectivity index (χ0v) is 42.2. The summed E-state index contributed by atoms with van der Waals surface area (Å²) in [6, 6.07) is 0. The molecular weight excluding hydrogens is 938 g/mol. The summed E-state index contributed by atoms with van der Waals surface area (Å²) in [4.78, 5) is 54.3. The minimum Gasteiger partial charge on any atom is -0.462 e. The first-order chi connectivity index (χ1) is 32.9. The molecule has 0 heterocycles. The van der Waals surface area contributed by atoms with E-state index in [1.165, 1.54) is 38.5 Å². The van der Waals surface area contributed by atoms with Crippen LogP contribution in [0.25, 0.3) is 0 Å². The van der Waals surface area contributed by atoms with Crippen molar-refractivity contribution in [2.45, 2.75) is 197 Å². The maximum atomic E-state index is 13.0. The number of unbranched alkanes of at least 4 members (excludes halogenated alkanes) is 7. The van der Waals surface area contributed by atoms with Crippen LogP contribution in [0.5, 0.6) is 0 Å². The van der Waals surface area contributed by atoms with Crippen LogP contribution in [0.3, 0.4) is 0 Å². The van der Waals surface area contributed by atoms with Gasteiger partial charge in [0.15, 0.2) is 6.10 Å². The van der Waals surface area contributed by atoms with Crippen molar-refractivity contribution in [3.63, 3.8) is 0 Å². The number of rotatable bonds is 39. The quantitative estimate of drug-likeness (QED) is 0.0126. The standard InChI is InChI=1S/C49H82O18P2/c1-3-5-7-9-11-13-15-17-18-19-20-21-23-25-27-29-31-35-42(52)63-37-39(38-64-69(61,62)67-49-46(56)44(54)45(55)48(47(49)57)66-68(58,59)60)65-43(53)36-32-34-41(51)40(50)33-30-28-26-24-22-16-14-12-10-8-6-4-2/h11-14,17-18,20-22,24-25,27-28,30,39-41,44-51,54-57H,3-10,15-16,19,23,26,29,31-38H2,1-2H3,(H,61,62)(H2,58,59,60)/b13-11-,14-12-,18-17-,21-20-,24-22-,27-25-,30-28-/t39-,40?,41?,44?,45?,46?,47?,48-,49+/m1/s1. The second-order valence-electron chi connectivity index (χ2n) is 16.8. The lowest BCUT2D eigenvalue weighted by Crippen LogP contribution is -2.64. The molecule has 1 aliphatic rings. The highest BCUT2D eigenvalue weighted by molar-refractivity contribution is 7.47. The molecule has 69 heavy (non-hydrogen) atoms. The van der Waals surface area contributed by atoms with Crippen molar-refractivity contribution in [1.29, 1.82) is 0 Å². The van der Waals surface area contributed by atoms with Gasteiger partial charge in [0, 0.05) is 12.8 Å². The van der Waals surface area contributed by atoms with E-state index in [1.807, 2.05) is 30.4 Å². The molecule has 0 saturated heterocycles. The van der Waals surface area contributed by atoms with Gasteiger partial charge in [-0.25, -0.2) is 9.13 Å². The van der Waals surface area contributed by atoms with Gasteiger partial charge in [0.1, 0.15) is 43.2 Å². The van der Waals surface area contributed by atoms with Crippen LogP contribution >= 0.6 is 15.6 Å². The molecule has 396 valence electrons. The summed E-state index contributed by atoms with van der Waals surface area (Å²) in [5.41, 5.74) is 0. The van der Waals surface area contributed by atoms with Crippen LogP contribution in [-0.4, -0.2) is 125 Å². The smallest absolute Gasteiger partial charge is 0.462 e. The van der Waals surface area contributed by atoms with Crippen LogP contribution in [0.15, 0.2) is 85.1 Å². The van der Waals surface area contributed by atoms with E-state index in [0.29, 0.717) is 19.3 Å². The van der Waals surface area contributed by atoms with Crippen molar-refractivity contribution in [2.24, 2.45) is 0 Å². The van der Waals surface area contributed by atoms with Crippen molar-refractivity contribution in [2.75, 3.05) is 13.2 Å². The largest absolute Gasteiger partial charge is 0.472 e. The third-order valence-electron chi connectivity index (χ3n) is 10.6. The van der Waals surface area contributed by atoms with Crippen LogP contribution in [-0.2, 0) is 41.8 Å². The number of carbonyl (C=O) groups excluding carboxylic acids is 2. The number of ether oxygens (including phenoxy) is 2. The van der Waals surface area contributed by atoms with Crippen LogP contribution in [0, 0.1) is 0 Å². The third kappa shape index (κ3) is 32.7. The van der Waals surface area contributed by atoms with Gasteiger partial charge in [-0.15, -0.1) is 0 Å². The molecule has 1 saturated carbocycles. The predicted octanol–water partition coefficient (Wildman–Crippen LogP) is 7.34. The second kappa shape index (κ2) is 38.7. The van der Waals surface area contributed by atoms with Crippen LogP contribution in [0.4, 0.5) is 0 Å². The van der Waals surface area contributed by atoms with Gasteiger partial charge in [-0.2, -0.15) is 0 Å². The molecule has 0 aromatic carbocycles. The third-order valence-corrected chi connectivity index (χ3v) is 12.1. The Morgan fingerprint density at radius 2 is 0.971 bits per heavy atom. The van der Waals surface area contributed by atoms with E-state index in [2.05, 4.69) is 67.0 Å². The Bertz CT molecular complexity index is 1690. The SMILES string of the molecule is CCCCC/C=C\C/C=C\C/C=C\C/C=C\CCCC(=O)OC[C@H](COP(=O)(O)O[C@H]1C(O)C(O)C(O)[C@@H](OP(=O)(O)O)C1O)OC(=O)CCCC(O)C(O)C/C=C\C/C=C\C/C=C\CCCCC. The number of aliphatic hydroxyl groups excluding tert-OH is 6. The van der Waals surface area contributed by atoms with Gasteiger partial charge in [-0.1, -0.05) is 125 Å². The Morgan fingerprint density at radius 3 is 1.46 bits per heavy atom. The van der Waals surface area contributed by atoms with E-state index in [9.17, 15) is 64.0 Å². The Hall–Kier alpha value is -2.90. The van der Waals surface area contributed by atoms with E-state index < -0.39 is 95.7 Å². The summed E-state index contributed by atoms with van der Waals surface area (Å²) in [5, 5.41) is 62.1. The first-order valence-electron chi connectivity index (χ1n) is 24.3. The molecule has 18 nitrogen and oxygen atoms in total. The Morgan fingerprint density at radius 1 is 0.522 bits per heavy atom. The van der Waals surface area contributed by atoms with Crippen LogP contribution < -0.4 is 0 Å². The fourth-order valence-electron chi connectivity index (χ4n) is 6.71. The minimum atomic E-state index is -5.41. The first kappa shape index (κ1) is 64.1. The van der Waals surface area contributed by atoms with Gasteiger partial charge < -0.3 is 54.8 Å². The number of aliphatic hydroxyl groups is 6. The molecule has 0 aromatic rings. The fourth-order valence-corrected chi connectivity index (χ4v) is 8.25. The highest BCUT2D eigenvalue weighted by Gasteiger charge is 2.54. The summed E-state index contributed by atoms with van der Waals surface area (Å²) >= 11 is 0. The van der Waals surface area contributed by atoms with E-state index in [0.717, 1.165) is 38.5 Å². The molecule has 0 aromatic heterocycles. The normalized spacial score (nSPS) is 22.8. The monoisotopic (exact) mass is 1020 g/mol. The zero-order valence-electron chi connectivity index (χ0n) is 40.4. The maximum absolute atomic E-state index is 13.0. The van der Waals surface area contributed by atoms with E-state index in [1.54, 1.807) is 6.08 Å². The number of esters is 2. The Kier molecular flexibility index (Phi) is 36.0. The molecule has 20 heteroatoms. The molecule has 10 atom stereocenters. The molecule has 1 fully saturated rings. The number of hydrogen-bond acceptors (Lipinski definition) is 15. The van der Waals surface area contributed by atoms with E-state index in [4.69, 9.17) is 18.5 Å². The van der Waals surface area contributed by atoms with Gasteiger partial charge in [-0.3, -0.25) is 23.2 Å². The Balaban J connectivity index is 2.74. The molecule has 0 bridgehead atoms. The molecule has 0 spiro atoms. The lowest BCUT2D eigenvalue weighted by atomic mass is 9.85. The number of phosphoric acid groups is 2. The van der Waals surface area contributed by atoms with Gasteiger partial charge in [0.2, 0.25) is 0 Å². The lowest BCUT2D eigenvalue weighted by molar-refractivity contribution is -0.216. The summed E-state index contributed by atoms with van der Waals surface area (Å²) in [6.45, 7) is 2.75. The Labute approximate surface area is 409 Å². The number of phosphoric ester groups is 2. The topological polar surface area (TPSA) is 296 Å². The highest BCUT2D eigenvalue weighted by Crippen LogP contribution is 2.49. The van der Waals surface area contributed by atoms with Gasteiger partial charge >= 0.3 is 27.6 Å². The van der Waals surface area contributed by atoms with Crippen LogP contribution in [0.1, 0.15) is 142 Å². The van der Waals surface area contributed by atoms with E-state index >= 15 is 0 Å². The van der Waals surface area contributed by atoms with Crippen LogP contribution in [0.2, 0.25) is 0 Å². The molecule has 9 N–H and O–H groups in total. The maximum Gasteiger partial charge on any atom is 0.472 e. The van der Waals surface area contributed by atoms with Crippen molar-refractivity contribution >= 4 is 27.6 Å². The first-order valence-corrected chi connectivity index (χ1v) is 27.3. The molecular formula is C49H82O18P2. The number of allylic oxidation sites excluding steroid dienone is 13. The summed E-state index contributed by atoms with van der Waals surface area (Å²) in [6.07, 6.45) is 25.5. The molecule has 0 aliphatic heterocycles. The average molecular weight is 1020 g/mol. The number of carbonyl (C=O) groups is 2. The van der Waals surface area contributed by atoms with Crippen molar-refractivity contribution in [3.8, 4) is 0 Å². The predicted molar refractivity (Wildman–Crippen MR) is 262 cm³/mol. The minimum absolute atomic E-state index is 0.0171. The molecule has 0 amide bonds. The van der Waals surface area contributed by atoms with Gasteiger partial charge in [-0.05, 0) is 89.9 Å². The molecule has 7 unspecified atom stereocenters. The fraction of sp³-hybridized carbons (Fsp3) is 0.673. The second-order valence-corrected chi connectivity index (χ2v) is 19.4. The van der Waals surface area contributed by atoms with Crippen molar-refractivity contribution in [3.05, 3.63) is 85.1 Å². The summed E-state index contributed by atoms with van der Waals surface area (Å²) < 4.78 is 49.1. The van der Waals surface area contributed by atoms with E-state index in [-0.39, 0.29) is 32.1 Å². The zero-order chi connectivity index (χ0) is 51.3. The summed E-state index contributed by atoms with van der Waals surface area (Å²) in [5.74, 6) is -1.56. The van der Waals surface area contributed by atoms with Gasteiger partial charge in [0.05, 0.1) is 18.8 Å². The molecule has 1 aliphatic carbocycles. The molecule has 1 rings (SSSR count). The van der Waals surface area contributed by atoms with Crippen molar-refractivity contribution < 1.29 is 87.1 Å². The average Bonchev–Trinajstić information content (AvgIpc) is 3.30. The van der Waals surface area contributed by atoms with Gasteiger partial charge in [0.25, 0.3) is 0 Å². The summed E-state index contributed by atoms with van der Waals surface area (Å²) in [7, 11) is -10.8. The highest BCUT2D eigenvalue weighted by atomic mass is 31.2. The lowest BCUT2D eigenvalue weighted by Gasteiger charge is -2.43.